The number of rotatable bonds is 9. The number of aromatic nitrogens is 2. The fraction of sp³-hybridized carbons (Fsp3) is 0.258. The Labute approximate surface area is 233 Å². The van der Waals surface area contributed by atoms with Gasteiger partial charge < -0.3 is 14.4 Å². The molecule has 0 saturated carbocycles. The van der Waals surface area contributed by atoms with Crippen molar-refractivity contribution >= 4 is 23.5 Å². The van der Waals surface area contributed by atoms with Gasteiger partial charge in [0.05, 0.1) is 7.11 Å². The highest BCUT2D eigenvalue weighted by atomic mass is 32.1. The number of hydrogen-bond acceptors (Lipinski definition) is 7. The molecule has 1 aliphatic heterocycles. The lowest BCUT2D eigenvalue weighted by Crippen LogP contribution is -2.48. The molecule has 1 amide bonds. The standard InChI is InChI=1S/C31H32N4O3S/c1-23-13-14-26(30(36)35-18-16-34(17-19-35)15-7-11-24-8-4-3-5-9-24)22-28(23)38-31-32-29(33-39-31)21-25-10-6-12-27(20-25)37-2/h3-14,20,22H,15-19,21H2,1-2H3. The second-order valence-corrected chi connectivity index (χ2v) is 10.2. The van der Waals surface area contributed by atoms with Crippen LogP contribution in [-0.2, 0) is 6.42 Å². The number of aryl methyl sites for hydroxylation is 1. The largest absolute Gasteiger partial charge is 0.497 e. The summed E-state index contributed by atoms with van der Waals surface area (Å²) >= 11 is 1.21. The Bertz CT molecular complexity index is 1430. The second-order valence-electron chi connectivity index (χ2n) is 9.49. The predicted octanol–water partition coefficient (Wildman–Crippen LogP) is 5.71. The molecule has 0 unspecified atom stereocenters. The normalized spacial score (nSPS) is 14.1. The van der Waals surface area contributed by atoms with E-state index >= 15 is 0 Å². The summed E-state index contributed by atoms with van der Waals surface area (Å²) in [6, 6.07) is 23.8. The third kappa shape index (κ3) is 7.10. The van der Waals surface area contributed by atoms with Crippen LogP contribution < -0.4 is 9.47 Å². The van der Waals surface area contributed by atoms with Crippen LogP contribution in [0.25, 0.3) is 6.08 Å². The fourth-order valence-corrected chi connectivity index (χ4v) is 5.03. The number of hydrogen-bond donors (Lipinski definition) is 0. The molecule has 0 aliphatic carbocycles. The molecule has 0 bridgehead atoms. The van der Waals surface area contributed by atoms with E-state index in [9.17, 15) is 4.79 Å². The summed E-state index contributed by atoms with van der Waals surface area (Å²) in [5, 5.41) is 0.456. The van der Waals surface area contributed by atoms with Crippen molar-refractivity contribution in [3.63, 3.8) is 0 Å². The molecule has 3 aromatic carbocycles. The molecule has 1 aliphatic rings. The SMILES string of the molecule is COc1cccc(Cc2nsc(Oc3cc(C(=O)N4CCN(CC=Cc5ccccc5)CC4)ccc3C)n2)c1. The van der Waals surface area contributed by atoms with E-state index in [-0.39, 0.29) is 5.91 Å². The van der Waals surface area contributed by atoms with E-state index in [1.807, 2.05) is 72.5 Å². The van der Waals surface area contributed by atoms with Crippen molar-refractivity contribution in [2.45, 2.75) is 13.3 Å². The average molecular weight is 541 g/mol. The number of carbonyl (C=O) groups is 1. The quantitative estimate of drug-likeness (QED) is 0.271. The van der Waals surface area contributed by atoms with Crippen molar-refractivity contribution in [3.05, 3.63) is 107 Å². The van der Waals surface area contributed by atoms with Crippen LogP contribution >= 0.6 is 11.5 Å². The van der Waals surface area contributed by atoms with E-state index in [0.29, 0.717) is 41.8 Å². The number of nitrogens with zero attached hydrogens (tertiary/aromatic N) is 4. The van der Waals surface area contributed by atoms with Gasteiger partial charge in [-0.1, -0.05) is 60.7 Å². The number of benzene rings is 3. The first-order valence-corrected chi connectivity index (χ1v) is 13.8. The summed E-state index contributed by atoms with van der Waals surface area (Å²) in [5.41, 5.74) is 3.82. The zero-order valence-electron chi connectivity index (χ0n) is 22.2. The van der Waals surface area contributed by atoms with Gasteiger partial charge in [-0.05, 0) is 47.9 Å². The van der Waals surface area contributed by atoms with Crippen LogP contribution in [0.4, 0.5) is 0 Å². The van der Waals surface area contributed by atoms with Gasteiger partial charge in [-0.15, -0.1) is 0 Å². The predicted molar refractivity (Wildman–Crippen MR) is 155 cm³/mol. The Balaban J connectivity index is 1.16. The molecule has 0 radical (unpaired) electrons. The van der Waals surface area contributed by atoms with Crippen molar-refractivity contribution in [2.75, 3.05) is 39.8 Å². The first-order valence-electron chi connectivity index (χ1n) is 13.0. The minimum Gasteiger partial charge on any atom is -0.497 e. The minimum atomic E-state index is 0.0234. The zero-order valence-corrected chi connectivity index (χ0v) is 23.1. The maximum atomic E-state index is 13.3. The van der Waals surface area contributed by atoms with E-state index < -0.39 is 0 Å². The number of amides is 1. The molecule has 5 rings (SSSR count). The summed E-state index contributed by atoms with van der Waals surface area (Å²) in [6.45, 7) is 5.94. The van der Waals surface area contributed by atoms with Crippen LogP contribution in [0.5, 0.6) is 16.7 Å². The summed E-state index contributed by atoms with van der Waals surface area (Å²) in [6.07, 6.45) is 4.92. The molecule has 1 aromatic heterocycles. The minimum absolute atomic E-state index is 0.0234. The van der Waals surface area contributed by atoms with Crippen molar-refractivity contribution in [1.29, 1.82) is 0 Å². The molecule has 1 saturated heterocycles. The molecule has 7 nitrogen and oxygen atoms in total. The van der Waals surface area contributed by atoms with Gasteiger partial charge in [0.15, 0.2) is 5.82 Å². The first kappa shape index (κ1) is 26.6. The van der Waals surface area contributed by atoms with Gasteiger partial charge in [0.2, 0.25) is 0 Å². The molecule has 0 spiro atoms. The van der Waals surface area contributed by atoms with Crippen molar-refractivity contribution in [3.8, 4) is 16.7 Å². The lowest BCUT2D eigenvalue weighted by molar-refractivity contribution is 0.0650. The van der Waals surface area contributed by atoms with Crippen molar-refractivity contribution < 1.29 is 14.3 Å². The highest BCUT2D eigenvalue weighted by Gasteiger charge is 2.22. The average Bonchev–Trinajstić information content (AvgIpc) is 3.41. The Morgan fingerprint density at radius 2 is 1.82 bits per heavy atom. The molecular weight excluding hydrogens is 508 g/mol. The van der Waals surface area contributed by atoms with E-state index in [4.69, 9.17) is 9.47 Å². The zero-order chi connectivity index (χ0) is 27.0. The van der Waals surface area contributed by atoms with Crippen LogP contribution in [-0.4, -0.2) is 64.9 Å². The van der Waals surface area contributed by atoms with Crippen LogP contribution in [0.1, 0.15) is 32.9 Å². The highest BCUT2D eigenvalue weighted by Crippen LogP contribution is 2.28. The summed E-state index contributed by atoms with van der Waals surface area (Å²) < 4.78 is 15.8. The van der Waals surface area contributed by atoms with Gasteiger partial charge in [0.25, 0.3) is 11.1 Å². The molecule has 0 N–H and O–H groups in total. The topological polar surface area (TPSA) is 67.8 Å². The molecule has 1 fully saturated rings. The molecule has 8 heteroatoms. The van der Waals surface area contributed by atoms with E-state index in [0.717, 1.165) is 36.5 Å². The van der Waals surface area contributed by atoms with E-state index in [1.54, 1.807) is 7.11 Å². The van der Waals surface area contributed by atoms with Crippen LogP contribution in [0.15, 0.2) is 78.9 Å². The van der Waals surface area contributed by atoms with Gasteiger partial charge >= 0.3 is 0 Å². The van der Waals surface area contributed by atoms with Gasteiger partial charge in [-0.25, -0.2) is 0 Å². The number of ether oxygens (including phenoxy) is 2. The second kappa shape index (κ2) is 12.7. The molecule has 2 heterocycles. The lowest BCUT2D eigenvalue weighted by atomic mass is 10.1. The number of piperazine rings is 1. The van der Waals surface area contributed by atoms with Gasteiger partial charge in [0.1, 0.15) is 11.5 Å². The van der Waals surface area contributed by atoms with Crippen molar-refractivity contribution in [1.82, 2.24) is 19.2 Å². The third-order valence-electron chi connectivity index (χ3n) is 6.71. The Morgan fingerprint density at radius 3 is 2.62 bits per heavy atom. The van der Waals surface area contributed by atoms with Gasteiger partial charge in [-0.2, -0.15) is 9.36 Å². The fourth-order valence-electron chi connectivity index (χ4n) is 4.47. The number of carbonyl (C=O) groups excluding carboxylic acids is 1. The number of methoxy groups -OCH3 is 1. The highest BCUT2D eigenvalue weighted by molar-refractivity contribution is 7.07. The molecule has 4 aromatic rings. The Hall–Kier alpha value is -4.01. The van der Waals surface area contributed by atoms with Crippen LogP contribution in [0, 0.1) is 6.92 Å². The van der Waals surface area contributed by atoms with Crippen LogP contribution in [0.3, 0.4) is 0 Å². The molecular formula is C31H32N4O3S. The van der Waals surface area contributed by atoms with Crippen molar-refractivity contribution in [2.24, 2.45) is 0 Å². The summed E-state index contributed by atoms with van der Waals surface area (Å²) in [4.78, 5) is 22.1. The maximum Gasteiger partial charge on any atom is 0.298 e. The smallest absolute Gasteiger partial charge is 0.298 e. The van der Waals surface area contributed by atoms with E-state index in [1.165, 1.54) is 17.1 Å². The van der Waals surface area contributed by atoms with Gasteiger partial charge in [0, 0.05) is 56.2 Å². The molecule has 200 valence electrons. The van der Waals surface area contributed by atoms with Crippen LogP contribution in [0.2, 0.25) is 0 Å². The Morgan fingerprint density at radius 1 is 1.00 bits per heavy atom. The summed E-state index contributed by atoms with van der Waals surface area (Å²) in [7, 11) is 1.65. The lowest BCUT2D eigenvalue weighted by Gasteiger charge is -2.34. The first-order chi connectivity index (χ1) is 19.1. The monoisotopic (exact) mass is 540 g/mol. The third-order valence-corrected chi connectivity index (χ3v) is 7.34. The Kier molecular flexibility index (Phi) is 8.65. The van der Waals surface area contributed by atoms with Gasteiger partial charge in [-0.3, -0.25) is 9.69 Å². The molecule has 39 heavy (non-hydrogen) atoms. The van der Waals surface area contributed by atoms with E-state index in [2.05, 4.69) is 38.5 Å². The molecule has 0 atom stereocenters. The summed E-state index contributed by atoms with van der Waals surface area (Å²) in [5.74, 6) is 2.13. The maximum absolute atomic E-state index is 13.3.